The molecule has 1 heterocycles. The largest absolute Gasteiger partial charge is 0.478 e. The van der Waals surface area contributed by atoms with Crippen LogP contribution in [-0.4, -0.2) is 49.3 Å². The van der Waals surface area contributed by atoms with E-state index in [2.05, 4.69) is 26.1 Å². The molecule has 150 valence electrons. The van der Waals surface area contributed by atoms with Gasteiger partial charge in [0.1, 0.15) is 0 Å². The number of carboxylic acid groups (broad SMARTS) is 1. The molecule has 0 unspecified atom stereocenters. The number of carboxylic acids is 1. The van der Waals surface area contributed by atoms with Gasteiger partial charge in [0.05, 0.1) is 10.5 Å². The number of amides is 1. The van der Waals surface area contributed by atoms with Gasteiger partial charge in [-0.25, -0.2) is 13.2 Å². The lowest BCUT2D eigenvalue weighted by molar-refractivity contribution is -0.126. The van der Waals surface area contributed by atoms with Crippen LogP contribution >= 0.6 is 0 Å². The SMILES string of the molecule is CC(C)(C)CCNC(=O)C1CCN(S(=O)(=O)c2ccc(C(=O)O)cc2)CC1. The molecular weight excluding hydrogens is 368 g/mol. The number of benzene rings is 1. The number of piperidine rings is 1. The highest BCUT2D eigenvalue weighted by molar-refractivity contribution is 7.89. The van der Waals surface area contributed by atoms with Gasteiger partial charge in [0, 0.05) is 25.6 Å². The first-order valence-electron chi connectivity index (χ1n) is 9.12. The van der Waals surface area contributed by atoms with E-state index < -0.39 is 16.0 Å². The summed E-state index contributed by atoms with van der Waals surface area (Å²) in [5.41, 5.74) is 0.195. The maximum atomic E-state index is 12.7. The Kier molecular flexibility index (Phi) is 6.64. The number of aromatic carboxylic acids is 1. The molecule has 1 saturated heterocycles. The van der Waals surface area contributed by atoms with Gasteiger partial charge in [-0.15, -0.1) is 0 Å². The van der Waals surface area contributed by atoms with Crippen LogP contribution in [0.2, 0.25) is 0 Å². The third kappa shape index (κ3) is 5.77. The molecule has 0 bridgehead atoms. The summed E-state index contributed by atoms with van der Waals surface area (Å²) in [6.45, 7) is 7.53. The van der Waals surface area contributed by atoms with Crippen molar-refractivity contribution in [1.29, 1.82) is 0 Å². The summed E-state index contributed by atoms with van der Waals surface area (Å²) in [7, 11) is -3.68. The van der Waals surface area contributed by atoms with Crippen molar-refractivity contribution >= 4 is 21.9 Å². The molecule has 0 atom stereocenters. The van der Waals surface area contributed by atoms with Gasteiger partial charge in [-0.05, 0) is 48.9 Å². The summed E-state index contributed by atoms with van der Waals surface area (Å²) in [6.07, 6.45) is 1.85. The second-order valence-corrected chi connectivity index (χ2v) is 10.0. The van der Waals surface area contributed by atoms with Crippen LogP contribution in [0.25, 0.3) is 0 Å². The van der Waals surface area contributed by atoms with E-state index in [0.29, 0.717) is 19.4 Å². The minimum absolute atomic E-state index is 0.0119. The summed E-state index contributed by atoms with van der Waals surface area (Å²) >= 11 is 0. The molecule has 2 rings (SSSR count). The zero-order chi connectivity index (χ0) is 20.2. The molecule has 0 spiro atoms. The summed E-state index contributed by atoms with van der Waals surface area (Å²) in [6, 6.07) is 5.18. The third-order valence-corrected chi connectivity index (χ3v) is 6.65. The molecule has 1 aliphatic heterocycles. The number of carbonyl (C=O) groups is 2. The normalized spacial score (nSPS) is 16.9. The second kappa shape index (κ2) is 8.39. The van der Waals surface area contributed by atoms with Crippen LogP contribution in [0.1, 0.15) is 50.4 Å². The van der Waals surface area contributed by atoms with Crippen molar-refractivity contribution < 1.29 is 23.1 Å². The van der Waals surface area contributed by atoms with E-state index in [1.165, 1.54) is 28.6 Å². The first-order valence-corrected chi connectivity index (χ1v) is 10.6. The van der Waals surface area contributed by atoms with Crippen molar-refractivity contribution in [3.8, 4) is 0 Å². The molecule has 27 heavy (non-hydrogen) atoms. The Bertz CT molecular complexity index is 773. The monoisotopic (exact) mass is 396 g/mol. The lowest BCUT2D eigenvalue weighted by atomic mass is 9.92. The molecule has 0 aliphatic carbocycles. The van der Waals surface area contributed by atoms with Crippen LogP contribution in [0.5, 0.6) is 0 Å². The molecule has 2 N–H and O–H groups in total. The van der Waals surface area contributed by atoms with Crippen molar-refractivity contribution in [3.63, 3.8) is 0 Å². The quantitative estimate of drug-likeness (QED) is 0.768. The zero-order valence-electron chi connectivity index (χ0n) is 16.1. The number of sulfonamides is 1. The van der Waals surface area contributed by atoms with Gasteiger partial charge >= 0.3 is 5.97 Å². The second-order valence-electron chi connectivity index (χ2n) is 8.11. The van der Waals surface area contributed by atoms with Crippen LogP contribution in [0.4, 0.5) is 0 Å². The highest BCUT2D eigenvalue weighted by atomic mass is 32.2. The fourth-order valence-corrected chi connectivity index (χ4v) is 4.45. The first kappa shape index (κ1) is 21.4. The summed E-state index contributed by atoms with van der Waals surface area (Å²) in [5.74, 6) is -1.29. The molecule has 1 fully saturated rings. The van der Waals surface area contributed by atoms with Gasteiger partial charge in [-0.2, -0.15) is 4.31 Å². The standard InChI is InChI=1S/C19H28N2O5S/c1-19(2,3)10-11-20-17(22)14-8-12-21(13-9-14)27(25,26)16-6-4-15(5-7-16)18(23)24/h4-7,14H,8-13H2,1-3H3,(H,20,22)(H,23,24). The number of nitrogens with zero attached hydrogens (tertiary/aromatic N) is 1. The van der Waals surface area contributed by atoms with Gasteiger partial charge < -0.3 is 10.4 Å². The van der Waals surface area contributed by atoms with Crippen LogP contribution in [0, 0.1) is 11.3 Å². The van der Waals surface area contributed by atoms with E-state index in [0.717, 1.165) is 6.42 Å². The van der Waals surface area contributed by atoms with E-state index in [1.54, 1.807) is 0 Å². The summed E-state index contributed by atoms with van der Waals surface area (Å²) in [5, 5.41) is 11.9. The maximum absolute atomic E-state index is 12.7. The minimum atomic E-state index is -3.68. The predicted molar refractivity (Wildman–Crippen MR) is 102 cm³/mol. The smallest absolute Gasteiger partial charge is 0.335 e. The number of nitrogens with one attached hydrogen (secondary N) is 1. The van der Waals surface area contributed by atoms with Crippen molar-refractivity contribution in [3.05, 3.63) is 29.8 Å². The van der Waals surface area contributed by atoms with Gasteiger partial charge in [0.2, 0.25) is 15.9 Å². The van der Waals surface area contributed by atoms with E-state index in [4.69, 9.17) is 5.11 Å². The predicted octanol–water partition coefficient (Wildman–Crippen LogP) is 2.34. The Balaban J connectivity index is 1.92. The zero-order valence-corrected chi connectivity index (χ0v) is 16.9. The van der Waals surface area contributed by atoms with Crippen LogP contribution in [-0.2, 0) is 14.8 Å². The topological polar surface area (TPSA) is 104 Å². The molecule has 1 amide bonds. The minimum Gasteiger partial charge on any atom is -0.478 e. The Hall–Kier alpha value is -1.93. The number of rotatable bonds is 6. The fraction of sp³-hybridized carbons (Fsp3) is 0.579. The molecule has 1 aliphatic rings. The van der Waals surface area contributed by atoms with E-state index in [-0.39, 0.29) is 40.8 Å². The third-order valence-electron chi connectivity index (χ3n) is 4.74. The Morgan fingerprint density at radius 1 is 1.15 bits per heavy atom. The van der Waals surface area contributed by atoms with Crippen molar-refractivity contribution in [2.45, 2.75) is 44.9 Å². The highest BCUT2D eigenvalue weighted by Crippen LogP contribution is 2.24. The van der Waals surface area contributed by atoms with E-state index >= 15 is 0 Å². The van der Waals surface area contributed by atoms with Gasteiger partial charge in [0.15, 0.2) is 0 Å². The number of hydrogen-bond donors (Lipinski definition) is 2. The highest BCUT2D eigenvalue weighted by Gasteiger charge is 2.32. The van der Waals surface area contributed by atoms with E-state index in [1.807, 2.05) is 0 Å². The fourth-order valence-electron chi connectivity index (χ4n) is 2.98. The summed E-state index contributed by atoms with van der Waals surface area (Å²) < 4.78 is 26.8. The molecular formula is C19H28N2O5S. The Morgan fingerprint density at radius 2 is 1.70 bits per heavy atom. The average molecular weight is 397 g/mol. The molecule has 0 aromatic heterocycles. The summed E-state index contributed by atoms with van der Waals surface area (Å²) in [4.78, 5) is 23.2. The Labute approximate surface area is 160 Å². The molecule has 7 nitrogen and oxygen atoms in total. The van der Waals surface area contributed by atoms with Gasteiger partial charge in [-0.3, -0.25) is 4.79 Å². The van der Waals surface area contributed by atoms with Gasteiger partial charge in [0.25, 0.3) is 0 Å². The van der Waals surface area contributed by atoms with Gasteiger partial charge in [-0.1, -0.05) is 20.8 Å². The van der Waals surface area contributed by atoms with Crippen molar-refractivity contribution in [1.82, 2.24) is 9.62 Å². The number of carbonyl (C=O) groups excluding carboxylic acids is 1. The lowest BCUT2D eigenvalue weighted by Crippen LogP contribution is -2.43. The van der Waals surface area contributed by atoms with Crippen LogP contribution in [0.3, 0.4) is 0 Å². The Morgan fingerprint density at radius 3 is 2.19 bits per heavy atom. The van der Waals surface area contributed by atoms with E-state index in [9.17, 15) is 18.0 Å². The first-order chi connectivity index (χ1) is 12.5. The van der Waals surface area contributed by atoms with Crippen LogP contribution in [0.15, 0.2) is 29.2 Å². The molecule has 0 saturated carbocycles. The van der Waals surface area contributed by atoms with Crippen LogP contribution < -0.4 is 5.32 Å². The molecule has 8 heteroatoms. The molecule has 0 radical (unpaired) electrons. The lowest BCUT2D eigenvalue weighted by Gasteiger charge is -2.30. The van der Waals surface area contributed by atoms with Crippen molar-refractivity contribution in [2.75, 3.05) is 19.6 Å². The molecule has 1 aromatic carbocycles. The maximum Gasteiger partial charge on any atom is 0.335 e. The molecule has 1 aromatic rings. The van der Waals surface area contributed by atoms with Crippen molar-refractivity contribution in [2.24, 2.45) is 11.3 Å². The average Bonchev–Trinajstić information content (AvgIpc) is 2.60. The number of hydrogen-bond acceptors (Lipinski definition) is 4.